The molecule has 0 bridgehead atoms. The van der Waals surface area contributed by atoms with Crippen LogP contribution in [0.3, 0.4) is 0 Å². The van der Waals surface area contributed by atoms with Gasteiger partial charge >= 0.3 is 5.69 Å². The van der Waals surface area contributed by atoms with E-state index < -0.39 is 4.92 Å². The summed E-state index contributed by atoms with van der Waals surface area (Å²) in [5, 5.41) is 11.0. The number of likely N-dealkylation sites (N-methyl/N-ethyl adjacent to an activating group) is 1. The van der Waals surface area contributed by atoms with Gasteiger partial charge in [0.05, 0.1) is 4.92 Å². The molecule has 1 aliphatic heterocycles. The van der Waals surface area contributed by atoms with Crippen LogP contribution in [0.4, 0.5) is 11.5 Å². The van der Waals surface area contributed by atoms with Crippen molar-refractivity contribution in [1.82, 2.24) is 14.9 Å². The smallest absolute Gasteiger partial charge is 0.348 e. The molecule has 0 aliphatic carbocycles. The van der Waals surface area contributed by atoms with Crippen LogP contribution in [0.15, 0.2) is 6.33 Å². The fraction of sp³-hybridized carbons (Fsp3) is 0.636. The summed E-state index contributed by atoms with van der Waals surface area (Å²) in [7, 11) is 2.04. The first-order valence-electron chi connectivity index (χ1n) is 5.94. The Bertz CT molecular complexity index is 508. The summed E-state index contributed by atoms with van der Waals surface area (Å²) in [6, 6.07) is 0. The van der Waals surface area contributed by atoms with Gasteiger partial charge in [-0.2, -0.15) is 0 Å². The topological polar surface area (TPSA) is 75.4 Å². The number of halogens is 1. The molecule has 0 unspecified atom stereocenters. The second-order valence-corrected chi connectivity index (χ2v) is 5.61. The van der Waals surface area contributed by atoms with Gasteiger partial charge in [0.25, 0.3) is 0 Å². The molecule has 1 aromatic heterocycles. The van der Waals surface area contributed by atoms with Crippen molar-refractivity contribution in [3.8, 4) is 0 Å². The van der Waals surface area contributed by atoms with Crippen LogP contribution in [0, 0.1) is 10.1 Å². The molecule has 0 atom stereocenters. The summed E-state index contributed by atoms with van der Waals surface area (Å²) in [4.78, 5) is 22.4. The largest absolute Gasteiger partial charge is 0.348 e. The van der Waals surface area contributed by atoms with Crippen molar-refractivity contribution in [2.45, 2.75) is 19.4 Å². The van der Waals surface area contributed by atoms with Crippen molar-refractivity contribution >= 4 is 23.1 Å². The highest BCUT2D eigenvalue weighted by Crippen LogP contribution is 2.33. The minimum absolute atomic E-state index is 0.0798. The highest BCUT2D eigenvalue weighted by molar-refractivity contribution is 6.31. The highest BCUT2D eigenvalue weighted by Gasteiger charge is 2.35. The lowest BCUT2D eigenvalue weighted by Gasteiger charge is -2.45. The average molecular weight is 286 g/mol. The molecule has 2 rings (SSSR count). The third-order valence-electron chi connectivity index (χ3n) is 3.56. The van der Waals surface area contributed by atoms with Gasteiger partial charge in [0, 0.05) is 25.2 Å². The predicted octanol–water partition coefficient (Wildman–Crippen LogP) is 1.57. The van der Waals surface area contributed by atoms with Gasteiger partial charge in [-0.05, 0) is 20.9 Å². The molecule has 1 fully saturated rings. The Morgan fingerprint density at radius 1 is 1.42 bits per heavy atom. The molecule has 0 spiro atoms. The maximum absolute atomic E-state index is 11.1. The van der Waals surface area contributed by atoms with E-state index in [1.165, 1.54) is 6.33 Å². The molecule has 0 amide bonds. The zero-order valence-corrected chi connectivity index (χ0v) is 11.9. The van der Waals surface area contributed by atoms with E-state index in [9.17, 15) is 10.1 Å². The number of hydrogen-bond donors (Lipinski definition) is 0. The molecule has 1 aromatic rings. The first-order valence-corrected chi connectivity index (χ1v) is 6.32. The van der Waals surface area contributed by atoms with Crippen LogP contribution >= 0.6 is 11.6 Å². The van der Waals surface area contributed by atoms with Crippen molar-refractivity contribution in [2.24, 2.45) is 0 Å². The molecule has 8 heteroatoms. The lowest BCUT2D eigenvalue weighted by atomic mass is 10.00. The number of rotatable bonds is 2. The van der Waals surface area contributed by atoms with Crippen LogP contribution in [-0.2, 0) is 0 Å². The molecule has 0 radical (unpaired) electrons. The number of hydrogen-bond acceptors (Lipinski definition) is 6. The van der Waals surface area contributed by atoms with Gasteiger partial charge in [-0.25, -0.2) is 9.97 Å². The van der Waals surface area contributed by atoms with E-state index in [-0.39, 0.29) is 16.4 Å². The van der Waals surface area contributed by atoms with E-state index in [1.54, 1.807) is 0 Å². The third-order valence-corrected chi connectivity index (χ3v) is 3.83. The first-order chi connectivity index (χ1) is 8.83. The molecule has 0 aromatic carbocycles. The normalized spacial score (nSPS) is 19.5. The second-order valence-electron chi connectivity index (χ2n) is 5.25. The van der Waals surface area contributed by atoms with Crippen LogP contribution in [0.5, 0.6) is 0 Å². The number of aromatic nitrogens is 2. The van der Waals surface area contributed by atoms with Crippen LogP contribution in [-0.4, -0.2) is 52.0 Å². The Morgan fingerprint density at radius 2 is 2.11 bits per heavy atom. The number of nitrogens with zero attached hydrogens (tertiary/aromatic N) is 5. The maximum atomic E-state index is 11.1. The van der Waals surface area contributed by atoms with Gasteiger partial charge in [0.2, 0.25) is 11.0 Å². The van der Waals surface area contributed by atoms with Crippen molar-refractivity contribution in [3.63, 3.8) is 0 Å². The van der Waals surface area contributed by atoms with Crippen molar-refractivity contribution in [3.05, 3.63) is 21.6 Å². The van der Waals surface area contributed by atoms with Crippen LogP contribution in [0.1, 0.15) is 13.8 Å². The molecule has 1 aliphatic rings. The monoisotopic (exact) mass is 285 g/mol. The van der Waals surface area contributed by atoms with Gasteiger partial charge < -0.3 is 4.90 Å². The highest BCUT2D eigenvalue weighted by atomic mass is 35.5. The van der Waals surface area contributed by atoms with E-state index in [4.69, 9.17) is 11.6 Å². The predicted molar refractivity (Wildman–Crippen MR) is 72.6 cm³/mol. The lowest BCUT2D eigenvalue weighted by molar-refractivity contribution is -0.384. The molecule has 1 saturated heterocycles. The summed E-state index contributed by atoms with van der Waals surface area (Å²) in [5.41, 5.74) is -0.298. The minimum Gasteiger partial charge on any atom is -0.348 e. The van der Waals surface area contributed by atoms with E-state index in [2.05, 4.69) is 28.7 Å². The van der Waals surface area contributed by atoms with E-state index in [0.29, 0.717) is 18.9 Å². The third kappa shape index (κ3) is 2.62. The summed E-state index contributed by atoms with van der Waals surface area (Å²) < 4.78 is 0. The summed E-state index contributed by atoms with van der Waals surface area (Å²) in [6.07, 6.45) is 1.26. The van der Waals surface area contributed by atoms with Gasteiger partial charge in [0.1, 0.15) is 6.33 Å². The quantitative estimate of drug-likeness (QED) is 0.466. The molecular weight excluding hydrogens is 270 g/mol. The van der Waals surface area contributed by atoms with Gasteiger partial charge in [0.15, 0.2) is 0 Å². The maximum Gasteiger partial charge on any atom is 0.348 e. The SMILES string of the molecule is CN1CCN(c2ncnc(Cl)c2[N+](=O)[O-])CC1(C)C. The van der Waals surface area contributed by atoms with E-state index in [0.717, 1.165) is 6.54 Å². The van der Waals surface area contributed by atoms with Gasteiger partial charge in [-0.1, -0.05) is 11.6 Å². The van der Waals surface area contributed by atoms with Crippen LogP contribution in [0.25, 0.3) is 0 Å². The van der Waals surface area contributed by atoms with Crippen molar-refractivity contribution in [1.29, 1.82) is 0 Å². The number of nitro groups is 1. The minimum atomic E-state index is -0.525. The molecule has 104 valence electrons. The fourth-order valence-corrected chi connectivity index (χ4v) is 2.36. The van der Waals surface area contributed by atoms with Gasteiger partial charge in [-0.3, -0.25) is 15.0 Å². The first kappa shape index (κ1) is 14.0. The number of anilines is 1. The number of piperazine rings is 1. The molecule has 0 saturated carbocycles. The summed E-state index contributed by atoms with van der Waals surface area (Å²) in [6.45, 7) is 6.32. The lowest BCUT2D eigenvalue weighted by Crippen LogP contribution is -2.58. The van der Waals surface area contributed by atoms with E-state index in [1.807, 2.05) is 11.9 Å². The zero-order valence-electron chi connectivity index (χ0n) is 11.1. The summed E-state index contributed by atoms with van der Waals surface area (Å²) >= 11 is 5.81. The Hall–Kier alpha value is -1.47. The van der Waals surface area contributed by atoms with Gasteiger partial charge in [-0.15, -0.1) is 0 Å². The van der Waals surface area contributed by atoms with Crippen LogP contribution < -0.4 is 4.90 Å². The van der Waals surface area contributed by atoms with Crippen molar-refractivity contribution in [2.75, 3.05) is 31.6 Å². The van der Waals surface area contributed by atoms with Crippen LogP contribution in [0.2, 0.25) is 5.15 Å². The standard InChI is InChI=1S/C11H16ClN5O2/c1-11(2)6-16(5-4-15(11)3)10-8(17(18)19)9(12)13-7-14-10/h7H,4-6H2,1-3H3. The Morgan fingerprint density at radius 3 is 2.68 bits per heavy atom. The molecule has 19 heavy (non-hydrogen) atoms. The Balaban J connectivity index is 2.38. The second kappa shape index (κ2) is 4.90. The van der Waals surface area contributed by atoms with E-state index >= 15 is 0 Å². The molecular formula is C11H16ClN5O2. The average Bonchev–Trinajstić information content (AvgIpc) is 2.31. The van der Waals surface area contributed by atoms with Crippen molar-refractivity contribution < 1.29 is 4.92 Å². The molecule has 2 heterocycles. The fourth-order valence-electron chi connectivity index (χ4n) is 2.16. The molecule has 0 N–H and O–H groups in total. The summed E-state index contributed by atoms with van der Waals surface area (Å²) in [5.74, 6) is 0.297. The zero-order chi connectivity index (χ0) is 14.2. The molecule has 7 nitrogen and oxygen atoms in total. The Labute approximate surface area is 116 Å². The Kier molecular flexibility index (Phi) is 3.60.